The molecule has 0 aliphatic heterocycles. The summed E-state index contributed by atoms with van der Waals surface area (Å²) in [6.07, 6.45) is 2.20. The standard InChI is InChI=1S/C12H19N3O2/c1-3-14-11(16)5-6-13-9-10-4-7-15-12(8-10)17-2/h4,7-8,13H,3,5-6,9H2,1-2H3,(H,14,16). The molecule has 0 unspecified atom stereocenters. The zero-order chi connectivity index (χ0) is 12.5. The second-order valence-corrected chi connectivity index (χ2v) is 3.59. The molecule has 94 valence electrons. The average Bonchev–Trinajstić information content (AvgIpc) is 2.35. The van der Waals surface area contributed by atoms with Crippen LogP contribution in [-0.2, 0) is 11.3 Å². The number of amides is 1. The Hall–Kier alpha value is -1.62. The highest BCUT2D eigenvalue weighted by Crippen LogP contribution is 2.07. The fourth-order valence-electron chi connectivity index (χ4n) is 1.39. The number of carbonyl (C=O) groups excluding carboxylic acids is 1. The van der Waals surface area contributed by atoms with Crippen LogP contribution in [-0.4, -0.2) is 31.1 Å². The molecular weight excluding hydrogens is 218 g/mol. The van der Waals surface area contributed by atoms with E-state index in [9.17, 15) is 4.79 Å². The zero-order valence-electron chi connectivity index (χ0n) is 10.3. The van der Waals surface area contributed by atoms with Gasteiger partial charge in [-0.2, -0.15) is 0 Å². The molecule has 0 spiro atoms. The van der Waals surface area contributed by atoms with E-state index < -0.39 is 0 Å². The number of carbonyl (C=O) groups is 1. The molecule has 1 aromatic rings. The SMILES string of the molecule is CCNC(=O)CCNCc1ccnc(OC)c1. The summed E-state index contributed by atoms with van der Waals surface area (Å²) in [6.45, 7) is 3.96. The number of ether oxygens (including phenoxy) is 1. The normalized spacial score (nSPS) is 10.0. The highest BCUT2D eigenvalue weighted by molar-refractivity contribution is 5.75. The van der Waals surface area contributed by atoms with Crippen LogP contribution < -0.4 is 15.4 Å². The number of nitrogens with zero attached hydrogens (tertiary/aromatic N) is 1. The van der Waals surface area contributed by atoms with E-state index in [2.05, 4.69) is 15.6 Å². The molecule has 1 aromatic heterocycles. The van der Waals surface area contributed by atoms with Gasteiger partial charge in [-0.25, -0.2) is 4.98 Å². The molecule has 0 radical (unpaired) electrons. The summed E-state index contributed by atoms with van der Waals surface area (Å²) >= 11 is 0. The molecule has 2 N–H and O–H groups in total. The van der Waals surface area contributed by atoms with Crippen molar-refractivity contribution in [3.63, 3.8) is 0 Å². The van der Waals surface area contributed by atoms with Crippen LogP contribution in [0.25, 0.3) is 0 Å². The first-order valence-electron chi connectivity index (χ1n) is 5.72. The molecule has 1 rings (SSSR count). The van der Waals surface area contributed by atoms with Gasteiger partial charge < -0.3 is 15.4 Å². The molecule has 5 nitrogen and oxygen atoms in total. The van der Waals surface area contributed by atoms with Crippen molar-refractivity contribution in [3.05, 3.63) is 23.9 Å². The van der Waals surface area contributed by atoms with Crippen molar-refractivity contribution in [1.82, 2.24) is 15.6 Å². The van der Waals surface area contributed by atoms with E-state index in [4.69, 9.17) is 4.74 Å². The lowest BCUT2D eigenvalue weighted by Gasteiger charge is -2.06. The third-order valence-electron chi connectivity index (χ3n) is 2.24. The average molecular weight is 237 g/mol. The summed E-state index contributed by atoms with van der Waals surface area (Å²) in [4.78, 5) is 15.2. The minimum atomic E-state index is 0.0762. The van der Waals surface area contributed by atoms with Gasteiger partial charge in [0.1, 0.15) is 0 Å². The van der Waals surface area contributed by atoms with Gasteiger partial charge in [0.25, 0.3) is 0 Å². The first-order chi connectivity index (χ1) is 8.26. The first kappa shape index (κ1) is 13.4. The number of aromatic nitrogens is 1. The maximum Gasteiger partial charge on any atom is 0.221 e. The minimum absolute atomic E-state index is 0.0762. The minimum Gasteiger partial charge on any atom is -0.481 e. The van der Waals surface area contributed by atoms with Crippen LogP contribution in [0, 0.1) is 0 Å². The number of pyridine rings is 1. The molecule has 0 aliphatic rings. The van der Waals surface area contributed by atoms with Crippen LogP contribution in [0.2, 0.25) is 0 Å². The van der Waals surface area contributed by atoms with Crippen LogP contribution in [0.15, 0.2) is 18.3 Å². The second-order valence-electron chi connectivity index (χ2n) is 3.59. The van der Waals surface area contributed by atoms with Gasteiger partial charge in [-0.3, -0.25) is 4.79 Å². The lowest BCUT2D eigenvalue weighted by Crippen LogP contribution is -2.27. The van der Waals surface area contributed by atoms with Gasteiger partial charge in [0.2, 0.25) is 11.8 Å². The highest BCUT2D eigenvalue weighted by Gasteiger charge is 1.99. The van der Waals surface area contributed by atoms with Gasteiger partial charge in [-0.05, 0) is 18.6 Å². The predicted molar refractivity (Wildman–Crippen MR) is 65.8 cm³/mol. The maximum absolute atomic E-state index is 11.2. The number of methoxy groups -OCH3 is 1. The van der Waals surface area contributed by atoms with Crippen molar-refractivity contribution in [3.8, 4) is 5.88 Å². The molecule has 1 amide bonds. The predicted octanol–water partition coefficient (Wildman–Crippen LogP) is 0.706. The smallest absolute Gasteiger partial charge is 0.221 e. The van der Waals surface area contributed by atoms with Crippen molar-refractivity contribution in [1.29, 1.82) is 0 Å². The van der Waals surface area contributed by atoms with Crippen molar-refractivity contribution in [2.24, 2.45) is 0 Å². The Balaban J connectivity index is 2.24. The molecule has 0 saturated heterocycles. The number of hydrogen-bond acceptors (Lipinski definition) is 4. The molecule has 0 aromatic carbocycles. The third-order valence-corrected chi connectivity index (χ3v) is 2.24. The van der Waals surface area contributed by atoms with Crippen LogP contribution in [0.4, 0.5) is 0 Å². The Morgan fingerprint density at radius 1 is 1.53 bits per heavy atom. The number of rotatable bonds is 7. The summed E-state index contributed by atoms with van der Waals surface area (Å²) in [6, 6.07) is 3.79. The van der Waals surface area contributed by atoms with E-state index in [1.807, 2.05) is 19.1 Å². The summed E-state index contributed by atoms with van der Waals surface area (Å²) in [7, 11) is 1.59. The Morgan fingerprint density at radius 3 is 3.06 bits per heavy atom. The molecule has 0 bridgehead atoms. The third kappa shape index (κ3) is 5.31. The van der Waals surface area contributed by atoms with Crippen LogP contribution >= 0.6 is 0 Å². The number of nitrogens with one attached hydrogen (secondary N) is 2. The second kappa shape index (κ2) is 7.62. The monoisotopic (exact) mass is 237 g/mol. The van der Waals surface area contributed by atoms with Gasteiger partial charge in [-0.1, -0.05) is 0 Å². The van der Waals surface area contributed by atoms with Crippen LogP contribution in [0.1, 0.15) is 18.9 Å². The highest BCUT2D eigenvalue weighted by atomic mass is 16.5. The molecule has 17 heavy (non-hydrogen) atoms. The largest absolute Gasteiger partial charge is 0.481 e. The van der Waals surface area contributed by atoms with E-state index in [0.29, 0.717) is 31.9 Å². The topological polar surface area (TPSA) is 63.2 Å². The van der Waals surface area contributed by atoms with E-state index in [0.717, 1.165) is 5.56 Å². The lowest BCUT2D eigenvalue weighted by atomic mass is 10.2. The Kier molecular flexibility index (Phi) is 6.03. The van der Waals surface area contributed by atoms with Crippen LogP contribution in [0.5, 0.6) is 5.88 Å². The van der Waals surface area contributed by atoms with Gasteiger partial charge in [0, 0.05) is 38.3 Å². The molecule has 0 fully saturated rings. The zero-order valence-corrected chi connectivity index (χ0v) is 10.3. The molecule has 0 saturated carbocycles. The molecule has 5 heteroatoms. The summed E-state index contributed by atoms with van der Waals surface area (Å²) < 4.78 is 5.03. The lowest BCUT2D eigenvalue weighted by molar-refractivity contribution is -0.120. The van der Waals surface area contributed by atoms with E-state index in [1.165, 1.54) is 0 Å². The summed E-state index contributed by atoms with van der Waals surface area (Å²) in [5, 5.41) is 5.95. The van der Waals surface area contributed by atoms with Crippen molar-refractivity contribution in [2.45, 2.75) is 19.9 Å². The number of hydrogen-bond donors (Lipinski definition) is 2. The van der Waals surface area contributed by atoms with Crippen molar-refractivity contribution < 1.29 is 9.53 Å². The van der Waals surface area contributed by atoms with E-state index in [1.54, 1.807) is 13.3 Å². The quantitative estimate of drug-likeness (QED) is 0.685. The van der Waals surface area contributed by atoms with Crippen LogP contribution in [0.3, 0.4) is 0 Å². The molecule has 0 atom stereocenters. The Labute approximate surface area is 102 Å². The van der Waals surface area contributed by atoms with E-state index >= 15 is 0 Å². The fraction of sp³-hybridized carbons (Fsp3) is 0.500. The Bertz CT molecular complexity index is 355. The fourth-order valence-corrected chi connectivity index (χ4v) is 1.39. The maximum atomic E-state index is 11.2. The van der Waals surface area contributed by atoms with Gasteiger partial charge in [0.05, 0.1) is 7.11 Å². The molecule has 0 aliphatic carbocycles. The van der Waals surface area contributed by atoms with E-state index in [-0.39, 0.29) is 5.91 Å². The van der Waals surface area contributed by atoms with Gasteiger partial charge in [-0.15, -0.1) is 0 Å². The first-order valence-corrected chi connectivity index (χ1v) is 5.72. The van der Waals surface area contributed by atoms with Gasteiger partial charge >= 0.3 is 0 Å². The summed E-state index contributed by atoms with van der Waals surface area (Å²) in [5.74, 6) is 0.681. The molecular formula is C12H19N3O2. The molecule has 1 heterocycles. The van der Waals surface area contributed by atoms with Crippen molar-refractivity contribution >= 4 is 5.91 Å². The Morgan fingerprint density at radius 2 is 2.35 bits per heavy atom. The van der Waals surface area contributed by atoms with Crippen molar-refractivity contribution in [2.75, 3.05) is 20.2 Å². The summed E-state index contributed by atoms with van der Waals surface area (Å²) in [5.41, 5.74) is 1.09. The van der Waals surface area contributed by atoms with Gasteiger partial charge in [0.15, 0.2) is 0 Å².